The molecular formula is C49H60N6O7. The normalized spacial score (nSPS) is 21.0. The minimum absolute atomic E-state index is 0.00632. The number of likely N-dealkylation sites (tertiary alicyclic amines) is 1. The van der Waals surface area contributed by atoms with Crippen molar-refractivity contribution in [2.45, 2.75) is 91.4 Å². The zero-order valence-electron chi connectivity index (χ0n) is 36.8. The summed E-state index contributed by atoms with van der Waals surface area (Å²) in [5, 5.41) is 16.7. The Hall–Kier alpha value is -5.95. The van der Waals surface area contributed by atoms with Crippen molar-refractivity contribution in [1.82, 2.24) is 30.1 Å². The van der Waals surface area contributed by atoms with Crippen LogP contribution in [0.3, 0.4) is 0 Å². The maximum Gasteiger partial charge on any atom is 0.324 e. The van der Waals surface area contributed by atoms with Gasteiger partial charge in [-0.15, -0.1) is 0 Å². The maximum atomic E-state index is 14.6. The number of hydrazine groups is 1. The maximum absolute atomic E-state index is 14.6. The summed E-state index contributed by atoms with van der Waals surface area (Å²) < 4.78 is 8.38. The summed E-state index contributed by atoms with van der Waals surface area (Å²) in [6.07, 6.45) is 3.29. The van der Waals surface area contributed by atoms with Crippen LogP contribution in [-0.4, -0.2) is 105 Å². The number of hydrogen-bond donors (Lipinski definition) is 3. The van der Waals surface area contributed by atoms with Crippen LogP contribution in [0.1, 0.15) is 65.0 Å². The molecule has 6 bridgehead atoms. The van der Waals surface area contributed by atoms with E-state index < -0.39 is 47.2 Å². The van der Waals surface area contributed by atoms with Crippen molar-refractivity contribution in [3.63, 3.8) is 0 Å². The van der Waals surface area contributed by atoms with Crippen molar-refractivity contribution >= 4 is 40.5 Å². The van der Waals surface area contributed by atoms with E-state index in [1.165, 1.54) is 16.0 Å². The molecule has 3 aromatic carbocycles. The number of amides is 4. The first kappa shape index (κ1) is 44.1. The predicted molar refractivity (Wildman–Crippen MR) is 238 cm³/mol. The average Bonchev–Trinajstić information content (AvgIpc) is 3.87. The Morgan fingerprint density at radius 3 is 2.48 bits per heavy atom. The van der Waals surface area contributed by atoms with Gasteiger partial charge in [0.2, 0.25) is 17.7 Å². The van der Waals surface area contributed by atoms with E-state index in [0.717, 1.165) is 45.4 Å². The molecule has 3 aliphatic heterocycles. The van der Waals surface area contributed by atoms with Gasteiger partial charge in [-0.05, 0) is 96.7 Å². The molecule has 1 aromatic heterocycles. The minimum atomic E-state index is -1.14. The predicted octanol–water partition coefficient (Wildman–Crippen LogP) is 5.87. The van der Waals surface area contributed by atoms with E-state index in [4.69, 9.17) is 4.74 Å². The summed E-state index contributed by atoms with van der Waals surface area (Å²) in [4.78, 5) is 72.0. The van der Waals surface area contributed by atoms with Gasteiger partial charge in [-0.2, -0.15) is 0 Å². The lowest BCUT2D eigenvalue weighted by Crippen LogP contribution is -2.62. The molecule has 4 atom stereocenters. The average molecular weight is 845 g/mol. The van der Waals surface area contributed by atoms with Gasteiger partial charge >= 0.3 is 5.97 Å². The fourth-order valence-electron chi connectivity index (χ4n) is 9.53. The molecule has 328 valence electrons. The lowest BCUT2D eigenvalue weighted by Gasteiger charge is -2.37. The molecule has 0 radical (unpaired) electrons. The van der Waals surface area contributed by atoms with Crippen LogP contribution in [0.2, 0.25) is 0 Å². The molecule has 0 spiro atoms. The number of carbonyl (C=O) groups excluding carboxylic acids is 5. The molecule has 4 heterocycles. The van der Waals surface area contributed by atoms with Crippen molar-refractivity contribution in [3.05, 3.63) is 90.5 Å². The number of likely N-dealkylation sites (N-methyl/N-ethyl adjacent to an activating group) is 1. The third-order valence-electron chi connectivity index (χ3n) is 12.6. The number of rotatable bonds is 8. The van der Waals surface area contributed by atoms with Gasteiger partial charge in [-0.3, -0.25) is 29.0 Å². The Labute approximate surface area is 364 Å². The molecular weight excluding hydrogens is 785 g/mol. The molecule has 4 aromatic rings. The third-order valence-corrected chi connectivity index (χ3v) is 12.6. The molecule has 0 unspecified atom stereocenters. The smallest absolute Gasteiger partial charge is 0.324 e. The largest absolute Gasteiger partial charge is 0.508 e. The van der Waals surface area contributed by atoms with Gasteiger partial charge in [-0.25, -0.2) is 5.43 Å². The number of nitrogens with one attached hydrogen (secondary N) is 2. The number of fused-ring (bicyclic) bond motifs is 6. The second kappa shape index (κ2) is 18.2. The van der Waals surface area contributed by atoms with Crippen molar-refractivity contribution in [1.29, 1.82) is 0 Å². The van der Waals surface area contributed by atoms with Crippen LogP contribution in [-0.2, 0) is 48.1 Å². The van der Waals surface area contributed by atoms with Crippen molar-refractivity contribution in [2.24, 2.45) is 17.3 Å². The first-order valence-electron chi connectivity index (χ1n) is 21.9. The van der Waals surface area contributed by atoms with Gasteiger partial charge in [-0.1, -0.05) is 76.7 Å². The number of benzene rings is 3. The van der Waals surface area contributed by atoms with E-state index in [0.29, 0.717) is 44.3 Å². The number of nitrogens with zero attached hydrogens (tertiary/aromatic N) is 4. The molecule has 0 aliphatic carbocycles. The number of esters is 1. The van der Waals surface area contributed by atoms with Crippen molar-refractivity contribution < 1.29 is 33.8 Å². The summed E-state index contributed by atoms with van der Waals surface area (Å²) >= 11 is 0. The van der Waals surface area contributed by atoms with Crippen LogP contribution < -0.4 is 10.7 Å². The van der Waals surface area contributed by atoms with Gasteiger partial charge in [0.05, 0.1) is 18.2 Å². The molecule has 3 aliphatic rings. The summed E-state index contributed by atoms with van der Waals surface area (Å²) in [7, 11) is 1.58. The SMILES string of the molecule is C=CC(=O)N1CC[C@H](C(=O)N(C)[C@H](C(=O)N[C@H]2Cc3cc(O)cc(c3)-c3ccc4c(c3)c(c(-c3ccccc3)n4CC)CC(C)(C)COC(=O)[C@@H]3CCCN(N3)C2=O)C(C)C)C1. The number of cyclic esters (lactones) is 1. The summed E-state index contributed by atoms with van der Waals surface area (Å²) in [5.74, 6) is -2.77. The van der Waals surface area contributed by atoms with Gasteiger partial charge in [0.15, 0.2) is 0 Å². The first-order chi connectivity index (χ1) is 29.6. The second-order valence-corrected chi connectivity index (χ2v) is 18.2. The summed E-state index contributed by atoms with van der Waals surface area (Å²) in [5.41, 5.74) is 9.23. The minimum Gasteiger partial charge on any atom is -0.508 e. The summed E-state index contributed by atoms with van der Waals surface area (Å²) in [6, 6.07) is 19.0. The Kier molecular flexibility index (Phi) is 12.9. The van der Waals surface area contributed by atoms with Crippen molar-refractivity contribution in [3.8, 4) is 28.1 Å². The fraction of sp³-hybridized carbons (Fsp3) is 0.449. The zero-order chi connectivity index (χ0) is 44.5. The number of ether oxygens (including phenoxy) is 1. The topological polar surface area (TPSA) is 154 Å². The Morgan fingerprint density at radius 1 is 1.02 bits per heavy atom. The van der Waals surface area contributed by atoms with Gasteiger partial charge in [0.25, 0.3) is 5.91 Å². The highest BCUT2D eigenvalue weighted by Crippen LogP contribution is 2.40. The molecule has 13 heteroatoms. The standard InChI is InChI=1S/C49H60N6O7/c1-8-42(57)53-21-19-34(28-53)46(59)52(7)43(30(3)4)45(58)50-40-24-31-22-35(25-36(56)23-31)33-17-18-41-37(26-33)38(44(54(41)9-2)32-14-11-10-12-15-32)27-49(5,6)29-62-48(61)39-16-13-20-55(51-39)47(40)60/h8,10-12,14-15,17-18,22-23,25-26,30,34,39-40,43,51,56H,1,9,13,16,19-21,24,27-29H2,2-7H3,(H,50,58)/t34-,39-,40-,43-/m0/s1. The molecule has 2 saturated heterocycles. The molecule has 4 amide bonds. The van der Waals surface area contributed by atoms with E-state index >= 15 is 0 Å². The third kappa shape index (κ3) is 9.13. The summed E-state index contributed by atoms with van der Waals surface area (Å²) in [6.45, 7) is 15.4. The molecule has 3 N–H and O–H groups in total. The first-order valence-corrected chi connectivity index (χ1v) is 21.9. The molecule has 2 fully saturated rings. The highest BCUT2D eigenvalue weighted by molar-refractivity contribution is 5.96. The van der Waals surface area contributed by atoms with E-state index in [2.05, 4.69) is 66.9 Å². The number of aromatic nitrogens is 1. The molecule has 0 saturated carbocycles. The van der Waals surface area contributed by atoms with Crippen LogP contribution in [0.15, 0.2) is 79.4 Å². The number of aromatic hydroxyl groups is 1. The van der Waals surface area contributed by atoms with Crippen LogP contribution in [0, 0.1) is 17.3 Å². The lowest BCUT2D eigenvalue weighted by atomic mass is 9.84. The second-order valence-electron chi connectivity index (χ2n) is 18.2. The zero-order valence-corrected chi connectivity index (χ0v) is 36.8. The number of hydrogen-bond acceptors (Lipinski definition) is 8. The van der Waals surface area contributed by atoms with E-state index in [1.807, 2.05) is 44.2 Å². The van der Waals surface area contributed by atoms with Gasteiger partial charge < -0.3 is 29.5 Å². The lowest BCUT2D eigenvalue weighted by molar-refractivity contribution is -0.155. The van der Waals surface area contributed by atoms with Gasteiger partial charge in [0, 0.05) is 56.0 Å². The monoisotopic (exact) mass is 844 g/mol. The number of aryl methyl sites for hydroxylation is 1. The Balaban J connectivity index is 1.28. The Morgan fingerprint density at radius 2 is 1.77 bits per heavy atom. The molecule has 7 rings (SSSR count). The Bertz CT molecular complexity index is 2370. The fourth-order valence-corrected chi connectivity index (χ4v) is 9.53. The van der Waals surface area contributed by atoms with Crippen LogP contribution in [0.5, 0.6) is 5.75 Å². The van der Waals surface area contributed by atoms with Crippen LogP contribution >= 0.6 is 0 Å². The highest BCUT2D eigenvalue weighted by Gasteiger charge is 2.40. The number of phenols is 1. The van der Waals surface area contributed by atoms with Crippen LogP contribution in [0.25, 0.3) is 33.3 Å². The van der Waals surface area contributed by atoms with Gasteiger partial charge in [0.1, 0.15) is 23.9 Å². The van der Waals surface area contributed by atoms with E-state index in [9.17, 15) is 29.1 Å². The number of carbonyl (C=O) groups is 5. The van der Waals surface area contributed by atoms with E-state index in [-0.39, 0.29) is 43.1 Å². The molecule has 13 nitrogen and oxygen atoms in total. The number of phenolic OH excluding ortho intramolecular Hbond substituents is 1. The van der Waals surface area contributed by atoms with E-state index in [1.54, 1.807) is 24.1 Å². The highest BCUT2D eigenvalue weighted by atomic mass is 16.5. The van der Waals surface area contributed by atoms with Crippen molar-refractivity contribution in [2.75, 3.05) is 33.3 Å². The quantitative estimate of drug-likeness (QED) is 0.147. The molecule has 62 heavy (non-hydrogen) atoms. The van der Waals surface area contributed by atoms with Crippen LogP contribution in [0.4, 0.5) is 0 Å².